The molecule has 2 aromatic carbocycles. The number of benzene rings is 2. The monoisotopic (exact) mass is 407 g/mol. The van der Waals surface area contributed by atoms with Crippen molar-refractivity contribution in [2.75, 3.05) is 31.6 Å². The fourth-order valence-corrected chi connectivity index (χ4v) is 3.34. The van der Waals surface area contributed by atoms with Crippen LogP contribution in [0.3, 0.4) is 0 Å². The molecule has 30 heavy (non-hydrogen) atoms. The van der Waals surface area contributed by atoms with Crippen LogP contribution >= 0.6 is 0 Å². The standard InChI is InChI=1S/C23H29N5O2/c1-24-23(27-17-21(29)25-14-13-18-6-3-2-4-7-18)26-16-19-9-11-20(12-10-19)28-15-5-8-22(28)30/h2-4,6-7,9-12H,5,8,13-17H2,1H3,(H,25,29)(H2,24,26,27). The molecule has 0 bridgehead atoms. The van der Waals surface area contributed by atoms with E-state index in [0.717, 1.165) is 30.6 Å². The van der Waals surface area contributed by atoms with Crippen molar-refractivity contribution in [2.24, 2.45) is 4.99 Å². The van der Waals surface area contributed by atoms with E-state index in [-0.39, 0.29) is 18.4 Å². The van der Waals surface area contributed by atoms with E-state index in [0.29, 0.717) is 25.5 Å². The van der Waals surface area contributed by atoms with Gasteiger partial charge in [-0.05, 0) is 36.1 Å². The lowest BCUT2D eigenvalue weighted by atomic mass is 10.1. The minimum atomic E-state index is -0.0754. The van der Waals surface area contributed by atoms with Gasteiger partial charge >= 0.3 is 0 Å². The van der Waals surface area contributed by atoms with Gasteiger partial charge in [-0.3, -0.25) is 14.6 Å². The predicted molar refractivity (Wildman–Crippen MR) is 119 cm³/mol. The van der Waals surface area contributed by atoms with Gasteiger partial charge in [0.2, 0.25) is 11.8 Å². The number of nitrogens with zero attached hydrogens (tertiary/aromatic N) is 2. The van der Waals surface area contributed by atoms with E-state index in [1.54, 1.807) is 7.05 Å². The summed E-state index contributed by atoms with van der Waals surface area (Å²) in [6.07, 6.45) is 2.35. The van der Waals surface area contributed by atoms with Gasteiger partial charge in [-0.15, -0.1) is 0 Å². The second-order valence-electron chi connectivity index (χ2n) is 7.18. The van der Waals surface area contributed by atoms with Gasteiger partial charge in [0.15, 0.2) is 5.96 Å². The minimum Gasteiger partial charge on any atom is -0.354 e. The Morgan fingerprint density at radius 2 is 1.77 bits per heavy atom. The van der Waals surface area contributed by atoms with E-state index >= 15 is 0 Å². The molecule has 0 atom stereocenters. The van der Waals surface area contributed by atoms with Crippen molar-refractivity contribution in [1.29, 1.82) is 0 Å². The van der Waals surface area contributed by atoms with Crippen molar-refractivity contribution < 1.29 is 9.59 Å². The van der Waals surface area contributed by atoms with Crippen LogP contribution in [0.5, 0.6) is 0 Å². The first-order valence-corrected chi connectivity index (χ1v) is 10.3. The van der Waals surface area contributed by atoms with Gasteiger partial charge in [-0.1, -0.05) is 42.5 Å². The number of rotatable bonds is 8. The van der Waals surface area contributed by atoms with Crippen LogP contribution in [0.25, 0.3) is 0 Å². The molecule has 2 amide bonds. The summed E-state index contributed by atoms with van der Waals surface area (Å²) in [6, 6.07) is 18.0. The predicted octanol–water partition coefficient (Wildman–Crippen LogP) is 1.84. The molecule has 1 heterocycles. The summed E-state index contributed by atoms with van der Waals surface area (Å²) >= 11 is 0. The molecule has 1 saturated heterocycles. The summed E-state index contributed by atoms with van der Waals surface area (Å²) in [5, 5.41) is 9.13. The van der Waals surface area contributed by atoms with Crippen LogP contribution < -0.4 is 20.9 Å². The summed E-state index contributed by atoms with van der Waals surface area (Å²) in [4.78, 5) is 29.8. The average Bonchev–Trinajstić information content (AvgIpc) is 3.21. The molecule has 7 heteroatoms. The Morgan fingerprint density at radius 1 is 1.00 bits per heavy atom. The van der Waals surface area contributed by atoms with Crippen LogP contribution in [0.4, 0.5) is 5.69 Å². The number of hydrogen-bond acceptors (Lipinski definition) is 3. The number of anilines is 1. The maximum Gasteiger partial charge on any atom is 0.239 e. The molecule has 1 aliphatic heterocycles. The number of carbonyl (C=O) groups is 2. The zero-order chi connectivity index (χ0) is 21.2. The number of hydrogen-bond donors (Lipinski definition) is 3. The SMILES string of the molecule is CN=C(NCC(=O)NCCc1ccccc1)NCc1ccc(N2CCCC2=O)cc1. The molecule has 3 N–H and O–H groups in total. The van der Waals surface area contributed by atoms with Gasteiger partial charge in [0.25, 0.3) is 0 Å². The Morgan fingerprint density at radius 3 is 2.43 bits per heavy atom. The molecule has 3 rings (SSSR count). The van der Waals surface area contributed by atoms with Gasteiger partial charge < -0.3 is 20.9 Å². The van der Waals surface area contributed by atoms with Crippen LogP contribution in [0.2, 0.25) is 0 Å². The smallest absolute Gasteiger partial charge is 0.239 e. The maximum atomic E-state index is 12.0. The summed E-state index contributed by atoms with van der Waals surface area (Å²) in [7, 11) is 1.67. The van der Waals surface area contributed by atoms with Crippen LogP contribution in [-0.4, -0.2) is 44.5 Å². The normalized spacial score (nSPS) is 14.0. The van der Waals surface area contributed by atoms with Crippen LogP contribution in [-0.2, 0) is 22.6 Å². The van der Waals surface area contributed by atoms with Gasteiger partial charge in [-0.2, -0.15) is 0 Å². The van der Waals surface area contributed by atoms with Crippen LogP contribution in [0, 0.1) is 0 Å². The lowest BCUT2D eigenvalue weighted by Gasteiger charge is -2.16. The summed E-state index contributed by atoms with van der Waals surface area (Å²) in [5.74, 6) is 0.674. The van der Waals surface area contributed by atoms with Crippen molar-refractivity contribution in [3.8, 4) is 0 Å². The molecule has 1 aliphatic rings. The van der Waals surface area contributed by atoms with Crippen molar-refractivity contribution in [2.45, 2.75) is 25.8 Å². The lowest BCUT2D eigenvalue weighted by molar-refractivity contribution is -0.120. The highest BCUT2D eigenvalue weighted by molar-refractivity contribution is 5.95. The summed E-state index contributed by atoms with van der Waals surface area (Å²) in [6.45, 7) is 2.12. The Bertz CT molecular complexity index is 865. The first-order valence-electron chi connectivity index (χ1n) is 10.3. The quantitative estimate of drug-likeness (QED) is 0.460. The zero-order valence-corrected chi connectivity index (χ0v) is 17.4. The number of amides is 2. The van der Waals surface area contributed by atoms with Gasteiger partial charge in [-0.25, -0.2) is 0 Å². The van der Waals surface area contributed by atoms with Crippen molar-refractivity contribution in [3.05, 3.63) is 65.7 Å². The zero-order valence-electron chi connectivity index (χ0n) is 17.4. The molecule has 0 aliphatic carbocycles. The Hall–Kier alpha value is -3.35. The minimum absolute atomic E-state index is 0.0754. The number of carbonyl (C=O) groups excluding carboxylic acids is 2. The number of nitrogens with one attached hydrogen (secondary N) is 3. The van der Waals surface area contributed by atoms with Crippen molar-refractivity contribution >= 4 is 23.5 Å². The average molecular weight is 408 g/mol. The topological polar surface area (TPSA) is 85.8 Å². The van der Waals surface area contributed by atoms with Gasteiger partial charge in [0, 0.05) is 38.8 Å². The Labute approximate surface area is 177 Å². The third-order valence-corrected chi connectivity index (χ3v) is 5.00. The fourth-order valence-electron chi connectivity index (χ4n) is 3.34. The molecular formula is C23H29N5O2. The highest BCUT2D eigenvalue weighted by atomic mass is 16.2. The molecule has 0 unspecified atom stereocenters. The molecule has 7 nitrogen and oxygen atoms in total. The molecule has 1 fully saturated rings. The molecule has 0 saturated carbocycles. The molecule has 0 radical (unpaired) electrons. The largest absolute Gasteiger partial charge is 0.354 e. The first kappa shape index (κ1) is 21.4. The maximum absolute atomic E-state index is 12.0. The lowest BCUT2D eigenvalue weighted by Crippen LogP contribution is -2.43. The van der Waals surface area contributed by atoms with Gasteiger partial charge in [0.05, 0.1) is 6.54 Å². The van der Waals surface area contributed by atoms with E-state index in [2.05, 4.69) is 20.9 Å². The fraction of sp³-hybridized carbons (Fsp3) is 0.348. The molecule has 0 aromatic heterocycles. The highest BCUT2D eigenvalue weighted by Crippen LogP contribution is 2.21. The second kappa shape index (κ2) is 11.0. The van der Waals surface area contributed by atoms with Crippen molar-refractivity contribution in [3.63, 3.8) is 0 Å². The molecule has 0 spiro atoms. The van der Waals surface area contributed by atoms with E-state index in [9.17, 15) is 9.59 Å². The molecule has 158 valence electrons. The third-order valence-electron chi connectivity index (χ3n) is 5.00. The highest BCUT2D eigenvalue weighted by Gasteiger charge is 2.21. The number of guanidine groups is 1. The third kappa shape index (κ3) is 6.34. The number of aliphatic imine (C=N–C) groups is 1. The van der Waals surface area contributed by atoms with Crippen LogP contribution in [0.15, 0.2) is 59.6 Å². The molecular weight excluding hydrogens is 378 g/mol. The Balaban J connectivity index is 1.37. The van der Waals surface area contributed by atoms with Crippen LogP contribution in [0.1, 0.15) is 24.0 Å². The first-order chi connectivity index (χ1) is 14.7. The summed E-state index contributed by atoms with van der Waals surface area (Å²) < 4.78 is 0. The van der Waals surface area contributed by atoms with E-state index in [1.165, 1.54) is 5.56 Å². The van der Waals surface area contributed by atoms with Crippen molar-refractivity contribution in [1.82, 2.24) is 16.0 Å². The van der Waals surface area contributed by atoms with Gasteiger partial charge in [0.1, 0.15) is 0 Å². The summed E-state index contributed by atoms with van der Waals surface area (Å²) in [5.41, 5.74) is 3.21. The molecule has 2 aromatic rings. The van der Waals surface area contributed by atoms with E-state index in [4.69, 9.17) is 0 Å². The van der Waals surface area contributed by atoms with E-state index < -0.39 is 0 Å². The van der Waals surface area contributed by atoms with E-state index in [1.807, 2.05) is 59.5 Å². The Kier molecular flexibility index (Phi) is 7.83. The second-order valence-corrected chi connectivity index (χ2v) is 7.18.